The van der Waals surface area contributed by atoms with Crippen molar-refractivity contribution in [2.24, 2.45) is 5.41 Å². The molecule has 5 nitrogen and oxygen atoms in total. The summed E-state index contributed by atoms with van der Waals surface area (Å²) >= 11 is 0. The maximum Gasteiger partial charge on any atom is 0.132 e. The smallest absolute Gasteiger partial charge is 0.132 e. The number of nitrogens with zero attached hydrogens (tertiary/aromatic N) is 3. The van der Waals surface area contributed by atoms with Crippen LogP contribution in [0.3, 0.4) is 0 Å². The molecule has 5 heteroatoms. The van der Waals surface area contributed by atoms with Gasteiger partial charge in [0, 0.05) is 31.6 Å². The average molecular weight is 329 g/mol. The molecule has 132 valence electrons. The van der Waals surface area contributed by atoms with Gasteiger partial charge in [0.05, 0.1) is 5.69 Å². The lowest BCUT2D eigenvalue weighted by Crippen LogP contribution is -2.49. The Balaban J connectivity index is 1.55. The molecule has 0 aliphatic carbocycles. The van der Waals surface area contributed by atoms with Crippen LogP contribution in [0.25, 0.3) is 0 Å². The molecule has 0 unspecified atom stereocenters. The van der Waals surface area contributed by atoms with Crippen LogP contribution < -0.4 is 15.5 Å². The monoisotopic (exact) mass is 329 g/mol. The van der Waals surface area contributed by atoms with E-state index in [-0.39, 0.29) is 0 Å². The second-order valence-electron chi connectivity index (χ2n) is 8.02. The fourth-order valence-corrected chi connectivity index (χ4v) is 4.82. The Morgan fingerprint density at radius 3 is 2.75 bits per heavy atom. The highest BCUT2D eigenvalue weighted by Gasteiger charge is 2.37. The van der Waals surface area contributed by atoms with Gasteiger partial charge in [-0.1, -0.05) is 0 Å². The van der Waals surface area contributed by atoms with Crippen LogP contribution in [0.5, 0.6) is 0 Å². The maximum atomic E-state index is 4.81. The van der Waals surface area contributed by atoms with E-state index in [0.29, 0.717) is 11.3 Å². The molecule has 3 aliphatic heterocycles. The largest absolute Gasteiger partial charge is 0.356 e. The van der Waals surface area contributed by atoms with E-state index < -0.39 is 0 Å². The van der Waals surface area contributed by atoms with Crippen LogP contribution in [0.15, 0.2) is 6.07 Å². The van der Waals surface area contributed by atoms with Crippen molar-refractivity contribution in [3.8, 4) is 0 Å². The Hall–Kier alpha value is -1.20. The molecule has 1 aromatic heterocycles. The van der Waals surface area contributed by atoms with Crippen molar-refractivity contribution in [3.63, 3.8) is 0 Å². The molecule has 0 radical (unpaired) electrons. The Bertz CT molecular complexity index is 555. The molecule has 4 heterocycles. The number of nitrogens with one attached hydrogen (secondary N) is 2. The van der Waals surface area contributed by atoms with E-state index in [0.717, 1.165) is 25.5 Å². The highest BCUT2D eigenvalue weighted by molar-refractivity contribution is 5.42. The van der Waals surface area contributed by atoms with E-state index in [1.165, 1.54) is 69.7 Å². The fourth-order valence-electron chi connectivity index (χ4n) is 4.82. The molecule has 3 fully saturated rings. The van der Waals surface area contributed by atoms with E-state index in [9.17, 15) is 0 Å². The van der Waals surface area contributed by atoms with Crippen LogP contribution >= 0.6 is 0 Å². The van der Waals surface area contributed by atoms with Crippen molar-refractivity contribution in [3.05, 3.63) is 17.6 Å². The molecule has 3 saturated heterocycles. The van der Waals surface area contributed by atoms with E-state index in [1.807, 2.05) is 6.92 Å². The Kier molecular flexibility index (Phi) is 4.72. The summed E-state index contributed by atoms with van der Waals surface area (Å²) in [5.41, 5.74) is 1.75. The van der Waals surface area contributed by atoms with Crippen molar-refractivity contribution in [1.82, 2.24) is 20.6 Å². The number of piperidine rings is 3. The van der Waals surface area contributed by atoms with Gasteiger partial charge in [0.25, 0.3) is 0 Å². The quantitative estimate of drug-likeness (QED) is 0.871. The molecule has 4 rings (SSSR count). The van der Waals surface area contributed by atoms with Crippen LogP contribution in [0, 0.1) is 12.3 Å². The predicted octanol–water partition coefficient (Wildman–Crippen LogP) is 2.22. The molecule has 3 aliphatic rings. The third-order valence-corrected chi connectivity index (χ3v) is 6.21. The average Bonchev–Trinajstić information content (AvgIpc) is 2.63. The molecular formula is C19H31N5. The predicted molar refractivity (Wildman–Crippen MR) is 97.6 cm³/mol. The van der Waals surface area contributed by atoms with Crippen LogP contribution in [0.4, 0.5) is 5.82 Å². The summed E-state index contributed by atoms with van der Waals surface area (Å²) < 4.78 is 0. The van der Waals surface area contributed by atoms with E-state index in [1.54, 1.807) is 0 Å². The van der Waals surface area contributed by atoms with Crippen LogP contribution in [0.1, 0.15) is 56.0 Å². The molecule has 0 amide bonds. The first kappa shape index (κ1) is 16.3. The number of hydrogen-bond acceptors (Lipinski definition) is 5. The lowest BCUT2D eigenvalue weighted by Gasteiger charge is -2.46. The molecule has 1 spiro atoms. The first-order valence-corrected chi connectivity index (χ1v) is 9.76. The molecular weight excluding hydrogens is 298 g/mol. The lowest BCUT2D eigenvalue weighted by molar-refractivity contribution is 0.166. The van der Waals surface area contributed by atoms with Crippen LogP contribution in [-0.2, 0) is 0 Å². The van der Waals surface area contributed by atoms with E-state index >= 15 is 0 Å². The van der Waals surface area contributed by atoms with Gasteiger partial charge in [-0.05, 0) is 70.5 Å². The SMILES string of the molecule is Cc1nc([C@H]2CCCNC2)cc(N2CCCC3(CCNCC3)C2)n1. The Morgan fingerprint density at radius 1 is 1.08 bits per heavy atom. The molecule has 0 aromatic carbocycles. The molecule has 24 heavy (non-hydrogen) atoms. The van der Waals surface area contributed by atoms with Gasteiger partial charge >= 0.3 is 0 Å². The Labute approximate surface area is 145 Å². The standard InChI is InChI=1S/C19H31N5/c1-15-22-17(16-4-2-8-21-13-16)12-18(23-15)24-11-3-5-19(14-24)6-9-20-10-7-19/h12,16,20-21H,2-11,13-14H2,1H3/t16-/m0/s1. The van der Waals surface area contributed by atoms with E-state index in [2.05, 4.69) is 21.6 Å². The highest BCUT2D eigenvalue weighted by atomic mass is 15.2. The first-order chi connectivity index (χ1) is 11.7. The summed E-state index contributed by atoms with van der Waals surface area (Å²) in [5.74, 6) is 2.65. The van der Waals surface area contributed by atoms with Gasteiger partial charge in [-0.3, -0.25) is 0 Å². The van der Waals surface area contributed by atoms with Gasteiger partial charge in [0.2, 0.25) is 0 Å². The Morgan fingerprint density at radius 2 is 1.96 bits per heavy atom. The lowest BCUT2D eigenvalue weighted by atomic mass is 9.73. The summed E-state index contributed by atoms with van der Waals surface area (Å²) in [6.07, 6.45) is 7.80. The van der Waals surface area contributed by atoms with Gasteiger partial charge in [-0.15, -0.1) is 0 Å². The van der Waals surface area contributed by atoms with Gasteiger partial charge in [-0.25, -0.2) is 9.97 Å². The summed E-state index contributed by atoms with van der Waals surface area (Å²) in [4.78, 5) is 12.1. The minimum absolute atomic E-state index is 0.509. The zero-order valence-corrected chi connectivity index (χ0v) is 15.0. The van der Waals surface area contributed by atoms with Crippen molar-refractivity contribution in [2.75, 3.05) is 44.2 Å². The van der Waals surface area contributed by atoms with Crippen molar-refractivity contribution in [2.45, 2.75) is 51.4 Å². The van der Waals surface area contributed by atoms with Gasteiger partial charge < -0.3 is 15.5 Å². The van der Waals surface area contributed by atoms with Crippen molar-refractivity contribution < 1.29 is 0 Å². The second-order valence-corrected chi connectivity index (χ2v) is 8.02. The number of aromatic nitrogens is 2. The van der Waals surface area contributed by atoms with E-state index in [4.69, 9.17) is 9.97 Å². The summed E-state index contributed by atoms with van der Waals surface area (Å²) in [7, 11) is 0. The zero-order valence-electron chi connectivity index (χ0n) is 15.0. The van der Waals surface area contributed by atoms with Crippen molar-refractivity contribution >= 4 is 5.82 Å². The second kappa shape index (κ2) is 6.96. The maximum absolute atomic E-state index is 4.81. The third kappa shape index (κ3) is 3.42. The van der Waals surface area contributed by atoms with Gasteiger partial charge in [-0.2, -0.15) is 0 Å². The normalized spacial score (nSPS) is 27.4. The first-order valence-electron chi connectivity index (χ1n) is 9.76. The molecule has 1 aromatic rings. The highest BCUT2D eigenvalue weighted by Crippen LogP contribution is 2.39. The van der Waals surface area contributed by atoms with Crippen LogP contribution in [-0.4, -0.2) is 49.2 Å². The topological polar surface area (TPSA) is 53.1 Å². The number of anilines is 1. The minimum atomic E-state index is 0.509. The third-order valence-electron chi connectivity index (χ3n) is 6.21. The molecule has 2 N–H and O–H groups in total. The molecule has 1 atom stereocenters. The number of aryl methyl sites for hydroxylation is 1. The van der Waals surface area contributed by atoms with Gasteiger partial charge in [0.1, 0.15) is 11.6 Å². The summed E-state index contributed by atoms with van der Waals surface area (Å²) in [5, 5.41) is 7.04. The van der Waals surface area contributed by atoms with Crippen molar-refractivity contribution in [1.29, 1.82) is 0 Å². The zero-order chi connectivity index (χ0) is 16.4. The molecule has 0 bridgehead atoms. The summed E-state index contributed by atoms with van der Waals surface area (Å²) in [6, 6.07) is 2.28. The molecule has 0 saturated carbocycles. The fraction of sp³-hybridized carbons (Fsp3) is 0.789. The minimum Gasteiger partial charge on any atom is -0.356 e. The number of hydrogen-bond donors (Lipinski definition) is 2. The number of rotatable bonds is 2. The summed E-state index contributed by atoms with van der Waals surface area (Å²) in [6.45, 7) is 8.93. The van der Waals surface area contributed by atoms with Crippen LogP contribution in [0.2, 0.25) is 0 Å². The van der Waals surface area contributed by atoms with Gasteiger partial charge in [0.15, 0.2) is 0 Å².